The van der Waals surface area contributed by atoms with Crippen molar-refractivity contribution >= 4 is 17.5 Å². The average Bonchev–Trinajstić information content (AvgIpc) is 2.74. The number of ether oxygens (including phenoxy) is 3. The fourth-order valence-corrected chi connectivity index (χ4v) is 3.71. The highest BCUT2D eigenvalue weighted by Crippen LogP contribution is 2.39. The minimum atomic E-state index is -0.457. The lowest BCUT2D eigenvalue weighted by Gasteiger charge is -2.33. The second-order valence-electron chi connectivity index (χ2n) is 7.31. The fourth-order valence-electron chi connectivity index (χ4n) is 3.71. The monoisotopic (exact) mass is 417 g/mol. The number of allylic oxidation sites excluding steroid dienone is 2. The van der Waals surface area contributed by atoms with E-state index in [4.69, 9.17) is 14.2 Å². The lowest BCUT2D eigenvalue weighted by atomic mass is 9.87. The molecule has 1 heterocycles. The van der Waals surface area contributed by atoms with E-state index in [1.165, 1.54) is 26.2 Å². The number of Topliss-reactive ketones (excluding diaryl/α,β-unsaturated/α-hetero) is 2. The van der Waals surface area contributed by atoms with Crippen molar-refractivity contribution in [2.75, 3.05) is 68.2 Å². The zero-order valence-electron chi connectivity index (χ0n) is 18.0. The van der Waals surface area contributed by atoms with Crippen LogP contribution in [-0.2, 0) is 9.53 Å². The van der Waals surface area contributed by atoms with Crippen LogP contribution in [0.4, 0.5) is 0 Å². The normalized spacial score (nSPS) is 17.0. The molecular weight excluding hydrogens is 390 g/mol. The molecule has 1 aliphatic heterocycles. The van der Waals surface area contributed by atoms with Crippen LogP contribution >= 0.6 is 0 Å². The van der Waals surface area contributed by atoms with Crippen molar-refractivity contribution in [1.29, 1.82) is 0 Å². The zero-order valence-corrected chi connectivity index (χ0v) is 18.0. The number of hydrogen-bond donors (Lipinski definition) is 0. The Morgan fingerprint density at radius 2 is 1.47 bits per heavy atom. The van der Waals surface area contributed by atoms with Crippen molar-refractivity contribution in [1.82, 2.24) is 14.7 Å². The Labute approximate surface area is 175 Å². The highest BCUT2D eigenvalue weighted by atomic mass is 16.5. The Balaban J connectivity index is 2.06. The molecule has 1 saturated heterocycles. The van der Waals surface area contributed by atoms with Gasteiger partial charge in [-0.05, 0) is 12.1 Å². The molecule has 9 nitrogen and oxygen atoms in total. The Kier molecular flexibility index (Phi) is 6.42. The van der Waals surface area contributed by atoms with Gasteiger partial charge in [0.15, 0.2) is 0 Å². The maximum Gasteiger partial charge on any atom is 0.241 e. The smallest absolute Gasteiger partial charge is 0.241 e. The quantitative estimate of drug-likeness (QED) is 0.667. The molecule has 1 amide bonds. The van der Waals surface area contributed by atoms with Gasteiger partial charge in [0.25, 0.3) is 0 Å². The molecule has 9 heteroatoms. The van der Waals surface area contributed by atoms with Crippen LogP contribution < -0.4 is 9.47 Å². The Morgan fingerprint density at radius 3 is 1.93 bits per heavy atom. The Morgan fingerprint density at radius 1 is 0.967 bits per heavy atom. The van der Waals surface area contributed by atoms with Crippen LogP contribution in [0.5, 0.6) is 11.5 Å². The molecule has 0 radical (unpaired) electrons. The highest BCUT2D eigenvalue weighted by Gasteiger charge is 2.41. The van der Waals surface area contributed by atoms with Crippen LogP contribution in [-0.4, -0.2) is 100 Å². The molecule has 30 heavy (non-hydrogen) atoms. The average molecular weight is 417 g/mol. The summed E-state index contributed by atoms with van der Waals surface area (Å²) in [7, 11) is 7.71. The number of carbonyl (C=O) groups excluding carboxylic acids is 3. The number of morpholine rings is 1. The maximum absolute atomic E-state index is 13.6. The van der Waals surface area contributed by atoms with Crippen LogP contribution in [0.15, 0.2) is 23.5 Å². The minimum Gasteiger partial charge on any atom is -0.496 e. The number of carbonyl (C=O) groups is 3. The van der Waals surface area contributed by atoms with Crippen molar-refractivity contribution in [2.45, 2.75) is 0 Å². The molecule has 0 saturated carbocycles. The predicted molar refractivity (Wildman–Crippen MR) is 109 cm³/mol. The molecule has 2 aliphatic rings. The van der Waals surface area contributed by atoms with Gasteiger partial charge in [0.1, 0.15) is 22.9 Å². The predicted octanol–water partition coefficient (Wildman–Crippen LogP) is 0.647. The standard InChI is InChI=1S/C21H27N3O6/c1-22(2)18-19(23(3)15(25)12-24-8-10-30-11-9-24)21(27)17-14(29-5)7-6-13(28-4)16(17)20(18)26/h6-7H,8-12H2,1-5H3. The molecule has 1 fully saturated rings. The minimum absolute atomic E-state index is 0.0299. The summed E-state index contributed by atoms with van der Waals surface area (Å²) in [6.07, 6.45) is 0. The van der Waals surface area contributed by atoms with Gasteiger partial charge < -0.3 is 24.0 Å². The van der Waals surface area contributed by atoms with Crippen molar-refractivity contribution in [3.8, 4) is 11.5 Å². The summed E-state index contributed by atoms with van der Waals surface area (Å²) < 4.78 is 16.0. The van der Waals surface area contributed by atoms with Gasteiger partial charge in [0, 0.05) is 34.2 Å². The van der Waals surface area contributed by atoms with E-state index in [1.807, 2.05) is 4.90 Å². The van der Waals surface area contributed by atoms with Gasteiger partial charge in [-0.15, -0.1) is 0 Å². The van der Waals surface area contributed by atoms with E-state index in [2.05, 4.69) is 0 Å². The third kappa shape index (κ3) is 3.78. The number of methoxy groups -OCH3 is 2. The molecule has 1 aromatic carbocycles. The van der Waals surface area contributed by atoms with E-state index in [0.29, 0.717) is 26.3 Å². The van der Waals surface area contributed by atoms with E-state index in [0.717, 1.165) is 0 Å². The first kappa shape index (κ1) is 21.8. The summed E-state index contributed by atoms with van der Waals surface area (Å²) in [4.78, 5) is 44.8. The molecule has 1 aromatic rings. The second kappa shape index (κ2) is 8.85. The Hall–Kier alpha value is -2.91. The second-order valence-corrected chi connectivity index (χ2v) is 7.31. The zero-order chi connectivity index (χ0) is 22.0. The summed E-state index contributed by atoms with van der Waals surface area (Å²) in [5, 5.41) is 0. The number of fused-ring (bicyclic) bond motifs is 1. The molecule has 3 rings (SSSR count). The molecule has 0 aromatic heterocycles. The van der Waals surface area contributed by atoms with Crippen LogP contribution in [0.2, 0.25) is 0 Å². The molecule has 0 bridgehead atoms. The molecule has 162 valence electrons. The largest absolute Gasteiger partial charge is 0.496 e. The first-order valence-corrected chi connectivity index (χ1v) is 9.64. The van der Waals surface area contributed by atoms with Gasteiger partial charge in [-0.25, -0.2) is 0 Å². The molecule has 1 aliphatic carbocycles. The van der Waals surface area contributed by atoms with Crippen LogP contribution in [0, 0.1) is 0 Å². The summed E-state index contributed by atoms with van der Waals surface area (Å²) in [6, 6.07) is 3.17. The van der Waals surface area contributed by atoms with Crippen molar-refractivity contribution in [3.05, 3.63) is 34.7 Å². The van der Waals surface area contributed by atoms with Gasteiger partial charge >= 0.3 is 0 Å². The molecule has 0 atom stereocenters. The van der Waals surface area contributed by atoms with E-state index < -0.39 is 11.6 Å². The van der Waals surface area contributed by atoms with Crippen LogP contribution in [0.1, 0.15) is 20.7 Å². The number of hydrogen-bond acceptors (Lipinski definition) is 8. The molecule has 0 unspecified atom stereocenters. The van der Waals surface area contributed by atoms with E-state index >= 15 is 0 Å². The first-order chi connectivity index (χ1) is 14.3. The van der Waals surface area contributed by atoms with Crippen molar-refractivity contribution < 1.29 is 28.6 Å². The topological polar surface area (TPSA) is 88.6 Å². The number of amides is 1. The molecular formula is C21H27N3O6. The summed E-state index contributed by atoms with van der Waals surface area (Å²) in [6.45, 7) is 2.53. The maximum atomic E-state index is 13.6. The number of nitrogens with zero attached hydrogens (tertiary/aromatic N) is 3. The van der Waals surface area contributed by atoms with Gasteiger partial charge in [0.05, 0.1) is 45.1 Å². The van der Waals surface area contributed by atoms with E-state index in [9.17, 15) is 14.4 Å². The SMILES string of the molecule is COc1ccc(OC)c2c1C(=O)C(N(C)C)=C(N(C)C(=O)CN1CCOCC1)C2=O. The number of benzene rings is 1. The van der Waals surface area contributed by atoms with E-state index in [-0.39, 0.29) is 46.5 Å². The van der Waals surface area contributed by atoms with Crippen molar-refractivity contribution in [3.63, 3.8) is 0 Å². The number of likely N-dealkylation sites (N-methyl/N-ethyl adjacent to an activating group) is 2. The third-order valence-electron chi connectivity index (χ3n) is 5.30. The van der Waals surface area contributed by atoms with Gasteiger partial charge in [0.2, 0.25) is 17.5 Å². The van der Waals surface area contributed by atoms with Gasteiger partial charge in [-0.1, -0.05) is 0 Å². The Bertz CT molecular complexity index is 902. The summed E-state index contributed by atoms with van der Waals surface area (Å²) in [5.74, 6) is -0.593. The van der Waals surface area contributed by atoms with Gasteiger partial charge in [-0.3, -0.25) is 19.3 Å². The summed E-state index contributed by atoms with van der Waals surface area (Å²) >= 11 is 0. The highest BCUT2D eigenvalue weighted by molar-refractivity contribution is 6.29. The lowest BCUT2D eigenvalue weighted by Crippen LogP contribution is -2.46. The van der Waals surface area contributed by atoms with Gasteiger partial charge in [-0.2, -0.15) is 0 Å². The lowest BCUT2D eigenvalue weighted by molar-refractivity contribution is -0.130. The molecule has 0 N–H and O–H groups in total. The fraction of sp³-hybridized carbons (Fsp3) is 0.476. The summed E-state index contributed by atoms with van der Waals surface area (Å²) in [5.41, 5.74) is 0.413. The van der Waals surface area contributed by atoms with E-state index in [1.54, 1.807) is 31.1 Å². The first-order valence-electron chi connectivity index (χ1n) is 9.64. The van der Waals surface area contributed by atoms with Crippen LogP contribution in [0.3, 0.4) is 0 Å². The third-order valence-corrected chi connectivity index (χ3v) is 5.30. The number of ketones is 2. The van der Waals surface area contributed by atoms with Crippen molar-refractivity contribution in [2.24, 2.45) is 0 Å². The number of rotatable bonds is 6. The molecule has 0 spiro atoms. The van der Waals surface area contributed by atoms with Crippen LogP contribution in [0.25, 0.3) is 0 Å².